The largest absolute Gasteiger partial charge is 0.486 e. The van der Waals surface area contributed by atoms with Gasteiger partial charge in [0, 0.05) is 13.1 Å². The number of rotatable bonds is 7. The van der Waals surface area contributed by atoms with E-state index in [0.29, 0.717) is 24.7 Å². The van der Waals surface area contributed by atoms with Gasteiger partial charge in [0.25, 0.3) is 0 Å². The third kappa shape index (κ3) is 4.96. The molecule has 0 saturated carbocycles. The SMILES string of the molecule is O=C(Cn1c(COc2ccccc2)nc2ccccc21)Nc1ccc(N2CCOCC2)nc1. The van der Waals surface area contributed by atoms with Gasteiger partial charge in [0.15, 0.2) is 0 Å². The molecule has 0 radical (unpaired) electrons. The molecule has 1 aliphatic rings. The van der Waals surface area contributed by atoms with Gasteiger partial charge in [-0.15, -0.1) is 0 Å². The van der Waals surface area contributed by atoms with Crippen LogP contribution in [-0.2, 0) is 22.7 Å². The van der Waals surface area contributed by atoms with Crippen LogP contribution >= 0.6 is 0 Å². The van der Waals surface area contributed by atoms with Crippen molar-refractivity contribution < 1.29 is 14.3 Å². The highest BCUT2D eigenvalue weighted by Crippen LogP contribution is 2.19. The first-order chi connectivity index (χ1) is 16.3. The topological polar surface area (TPSA) is 81.5 Å². The fourth-order valence-electron chi connectivity index (χ4n) is 3.86. The van der Waals surface area contributed by atoms with E-state index in [2.05, 4.69) is 20.2 Å². The second kappa shape index (κ2) is 9.70. The average molecular weight is 444 g/mol. The van der Waals surface area contributed by atoms with Gasteiger partial charge >= 0.3 is 0 Å². The van der Waals surface area contributed by atoms with Crippen LogP contribution in [-0.4, -0.2) is 46.7 Å². The summed E-state index contributed by atoms with van der Waals surface area (Å²) in [5, 5.41) is 2.94. The van der Waals surface area contributed by atoms with Gasteiger partial charge in [-0.05, 0) is 36.4 Å². The molecular weight excluding hydrogens is 418 g/mol. The molecule has 0 bridgehead atoms. The maximum Gasteiger partial charge on any atom is 0.244 e. The number of carbonyl (C=O) groups is 1. The van der Waals surface area contributed by atoms with E-state index in [-0.39, 0.29) is 19.1 Å². The van der Waals surface area contributed by atoms with Crippen LogP contribution in [0.5, 0.6) is 5.75 Å². The summed E-state index contributed by atoms with van der Waals surface area (Å²) in [4.78, 5) is 24.2. The predicted octanol–water partition coefficient (Wildman–Crippen LogP) is 3.49. The quantitative estimate of drug-likeness (QED) is 0.471. The van der Waals surface area contributed by atoms with E-state index < -0.39 is 0 Å². The molecule has 2 aromatic heterocycles. The van der Waals surface area contributed by atoms with E-state index >= 15 is 0 Å². The zero-order chi connectivity index (χ0) is 22.5. The van der Waals surface area contributed by atoms with Crippen molar-refractivity contribution in [3.8, 4) is 5.75 Å². The number of fused-ring (bicyclic) bond motifs is 1. The Balaban J connectivity index is 1.29. The number of nitrogens with one attached hydrogen (secondary N) is 1. The second-order valence-electron chi connectivity index (χ2n) is 7.76. The van der Waals surface area contributed by atoms with Crippen molar-refractivity contribution in [2.45, 2.75) is 13.2 Å². The number of nitrogens with zero attached hydrogens (tertiary/aromatic N) is 4. The number of hydrogen-bond acceptors (Lipinski definition) is 6. The molecular formula is C25H25N5O3. The fourth-order valence-corrected chi connectivity index (χ4v) is 3.86. The van der Waals surface area contributed by atoms with E-state index in [0.717, 1.165) is 35.7 Å². The van der Waals surface area contributed by atoms with Crippen LogP contribution in [0.2, 0.25) is 0 Å². The molecule has 1 amide bonds. The second-order valence-corrected chi connectivity index (χ2v) is 7.76. The first-order valence-electron chi connectivity index (χ1n) is 11.0. The lowest BCUT2D eigenvalue weighted by Gasteiger charge is -2.27. The molecule has 0 spiro atoms. The molecule has 8 heteroatoms. The number of ether oxygens (including phenoxy) is 2. The molecule has 4 aromatic rings. The third-order valence-corrected chi connectivity index (χ3v) is 5.51. The zero-order valence-electron chi connectivity index (χ0n) is 18.2. The van der Waals surface area contributed by atoms with E-state index in [9.17, 15) is 4.79 Å². The van der Waals surface area contributed by atoms with Crippen molar-refractivity contribution >= 4 is 28.4 Å². The maximum atomic E-state index is 12.9. The number of aromatic nitrogens is 3. The van der Waals surface area contributed by atoms with Crippen molar-refractivity contribution in [3.63, 3.8) is 0 Å². The highest BCUT2D eigenvalue weighted by Gasteiger charge is 2.16. The van der Waals surface area contributed by atoms with Crippen LogP contribution in [0.1, 0.15) is 5.82 Å². The van der Waals surface area contributed by atoms with Crippen LogP contribution in [0.15, 0.2) is 72.9 Å². The number of para-hydroxylation sites is 3. The van der Waals surface area contributed by atoms with Crippen molar-refractivity contribution in [1.82, 2.24) is 14.5 Å². The summed E-state index contributed by atoms with van der Waals surface area (Å²) in [7, 11) is 0. The van der Waals surface area contributed by atoms with Crippen molar-refractivity contribution in [3.05, 3.63) is 78.8 Å². The summed E-state index contributed by atoms with van der Waals surface area (Å²) in [6.45, 7) is 3.44. The summed E-state index contributed by atoms with van der Waals surface area (Å²) < 4.78 is 13.2. The number of amides is 1. The Kier molecular flexibility index (Phi) is 6.16. The summed E-state index contributed by atoms with van der Waals surface area (Å²) in [5.41, 5.74) is 2.37. The highest BCUT2D eigenvalue weighted by molar-refractivity contribution is 5.91. The Hall–Kier alpha value is -3.91. The van der Waals surface area contributed by atoms with Gasteiger partial charge < -0.3 is 24.3 Å². The lowest BCUT2D eigenvalue weighted by atomic mass is 10.3. The molecule has 3 heterocycles. The van der Waals surface area contributed by atoms with Gasteiger partial charge in [-0.3, -0.25) is 4.79 Å². The minimum Gasteiger partial charge on any atom is -0.486 e. The van der Waals surface area contributed by atoms with Crippen LogP contribution < -0.4 is 15.0 Å². The summed E-state index contributed by atoms with van der Waals surface area (Å²) in [6.07, 6.45) is 1.69. The smallest absolute Gasteiger partial charge is 0.244 e. The Morgan fingerprint density at radius 2 is 1.79 bits per heavy atom. The Morgan fingerprint density at radius 1 is 1.00 bits per heavy atom. The monoisotopic (exact) mass is 443 g/mol. The van der Waals surface area contributed by atoms with Gasteiger partial charge in [-0.25, -0.2) is 9.97 Å². The van der Waals surface area contributed by atoms with Gasteiger partial charge in [-0.2, -0.15) is 0 Å². The first kappa shape index (κ1) is 21.0. The maximum absolute atomic E-state index is 12.9. The molecule has 168 valence electrons. The molecule has 2 aromatic carbocycles. The minimum absolute atomic E-state index is 0.124. The van der Waals surface area contributed by atoms with Gasteiger partial charge in [0.05, 0.1) is 36.1 Å². The molecule has 1 aliphatic heterocycles. The van der Waals surface area contributed by atoms with E-state index in [4.69, 9.17) is 9.47 Å². The predicted molar refractivity (Wildman–Crippen MR) is 126 cm³/mol. The number of anilines is 2. The molecule has 0 aliphatic carbocycles. The fraction of sp³-hybridized carbons (Fsp3) is 0.240. The third-order valence-electron chi connectivity index (χ3n) is 5.51. The van der Waals surface area contributed by atoms with E-state index in [1.165, 1.54) is 0 Å². The van der Waals surface area contributed by atoms with Gasteiger partial charge in [0.2, 0.25) is 5.91 Å². The zero-order valence-corrected chi connectivity index (χ0v) is 18.2. The van der Waals surface area contributed by atoms with E-state index in [1.807, 2.05) is 71.3 Å². The lowest BCUT2D eigenvalue weighted by Crippen LogP contribution is -2.36. The van der Waals surface area contributed by atoms with Crippen molar-refractivity contribution in [1.29, 1.82) is 0 Å². The van der Waals surface area contributed by atoms with Gasteiger partial charge in [0.1, 0.15) is 30.5 Å². The average Bonchev–Trinajstić information content (AvgIpc) is 3.21. The van der Waals surface area contributed by atoms with Crippen LogP contribution in [0.3, 0.4) is 0 Å². The summed E-state index contributed by atoms with van der Waals surface area (Å²) >= 11 is 0. The standard InChI is InChI=1S/C25H25N5O3/c31-25(27-19-10-11-23(26-16-19)29-12-14-32-15-13-29)17-30-22-9-5-4-8-21(22)28-24(30)18-33-20-6-2-1-3-7-20/h1-11,16H,12-15,17-18H2,(H,27,31). The van der Waals surface area contributed by atoms with Gasteiger partial charge in [-0.1, -0.05) is 30.3 Å². The number of benzene rings is 2. The molecule has 1 fully saturated rings. The Bertz CT molecular complexity index is 1220. The van der Waals surface area contributed by atoms with E-state index in [1.54, 1.807) is 6.20 Å². The molecule has 1 saturated heterocycles. The Morgan fingerprint density at radius 3 is 2.58 bits per heavy atom. The molecule has 1 N–H and O–H groups in total. The van der Waals surface area contributed by atoms with Crippen LogP contribution in [0.4, 0.5) is 11.5 Å². The number of pyridine rings is 1. The molecule has 0 atom stereocenters. The first-order valence-corrected chi connectivity index (χ1v) is 11.0. The van der Waals surface area contributed by atoms with Crippen molar-refractivity contribution in [2.24, 2.45) is 0 Å². The number of carbonyl (C=O) groups excluding carboxylic acids is 1. The molecule has 33 heavy (non-hydrogen) atoms. The number of hydrogen-bond donors (Lipinski definition) is 1. The molecule has 5 rings (SSSR count). The van der Waals surface area contributed by atoms with Crippen LogP contribution in [0.25, 0.3) is 11.0 Å². The van der Waals surface area contributed by atoms with Crippen LogP contribution in [0, 0.1) is 0 Å². The molecule has 0 unspecified atom stereocenters. The molecule has 8 nitrogen and oxygen atoms in total. The lowest BCUT2D eigenvalue weighted by molar-refractivity contribution is -0.116. The normalized spacial score (nSPS) is 13.8. The Labute approximate surface area is 191 Å². The minimum atomic E-state index is -0.153. The number of morpholine rings is 1. The summed E-state index contributed by atoms with van der Waals surface area (Å²) in [6, 6.07) is 21.1. The number of imidazole rings is 1. The summed E-state index contributed by atoms with van der Waals surface area (Å²) in [5.74, 6) is 2.18. The highest BCUT2D eigenvalue weighted by atomic mass is 16.5. The van der Waals surface area contributed by atoms with Crippen molar-refractivity contribution in [2.75, 3.05) is 36.5 Å².